The van der Waals surface area contributed by atoms with E-state index in [4.69, 9.17) is 0 Å². The Bertz CT molecular complexity index is 438. The molecule has 7 heteroatoms. The summed E-state index contributed by atoms with van der Waals surface area (Å²) in [6.45, 7) is 8.76. The van der Waals surface area contributed by atoms with Crippen molar-refractivity contribution < 1.29 is 0 Å². The van der Waals surface area contributed by atoms with E-state index in [0.29, 0.717) is 6.54 Å². The Morgan fingerprint density at radius 2 is 2.05 bits per heavy atom. The van der Waals surface area contributed by atoms with Gasteiger partial charge >= 0.3 is 0 Å². The van der Waals surface area contributed by atoms with Crippen LogP contribution in [0, 0.1) is 0 Å². The predicted octanol–water partition coefficient (Wildman–Crippen LogP) is 1.43. The van der Waals surface area contributed by atoms with Gasteiger partial charge in [0, 0.05) is 31.9 Å². The zero-order valence-electron chi connectivity index (χ0n) is 14.0. The summed E-state index contributed by atoms with van der Waals surface area (Å²) in [5, 5.41) is 10.8. The molecule has 2 N–H and O–H groups in total. The molecule has 0 aliphatic rings. The van der Waals surface area contributed by atoms with Crippen molar-refractivity contribution in [2.75, 3.05) is 27.2 Å². The van der Waals surface area contributed by atoms with Crippen molar-refractivity contribution in [2.45, 2.75) is 32.9 Å². The normalized spacial score (nSPS) is 12.2. The smallest absolute Gasteiger partial charge is 0.191 e. The van der Waals surface area contributed by atoms with Gasteiger partial charge in [-0.15, -0.1) is 24.0 Å². The highest BCUT2D eigenvalue weighted by Gasteiger charge is 2.20. The number of hydrogen-bond acceptors (Lipinski definition) is 3. The van der Waals surface area contributed by atoms with Gasteiger partial charge in [-0.25, -0.2) is 4.99 Å². The second kappa shape index (κ2) is 9.24. The van der Waals surface area contributed by atoms with Crippen molar-refractivity contribution >= 4 is 29.9 Å². The van der Waals surface area contributed by atoms with Gasteiger partial charge < -0.3 is 15.5 Å². The maximum Gasteiger partial charge on any atom is 0.191 e. The van der Waals surface area contributed by atoms with E-state index >= 15 is 0 Å². The fraction of sp³-hybridized carbons (Fsp3) is 0.714. The lowest BCUT2D eigenvalue weighted by Gasteiger charge is -2.33. The monoisotopic (exact) mass is 408 g/mol. The van der Waals surface area contributed by atoms with Crippen LogP contribution in [0.2, 0.25) is 0 Å². The lowest BCUT2D eigenvalue weighted by Crippen LogP contribution is -2.50. The fourth-order valence-electron chi connectivity index (χ4n) is 1.52. The summed E-state index contributed by atoms with van der Waals surface area (Å²) in [5.74, 6) is 0.837. The van der Waals surface area contributed by atoms with E-state index in [-0.39, 0.29) is 29.5 Å². The van der Waals surface area contributed by atoms with Gasteiger partial charge in [0.15, 0.2) is 5.96 Å². The molecule has 1 rings (SSSR count). The van der Waals surface area contributed by atoms with E-state index in [9.17, 15) is 0 Å². The highest BCUT2D eigenvalue weighted by atomic mass is 127. The zero-order chi connectivity index (χ0) is 15.2. The van der Waals surface area contributed by atoms with E-state index in [0.717, 1.165) is 24.7 Å². The van der Waals surface area contributed by atoms with Gasteiger partial charge in [0.05, 0.1) is 12.2 Å². The molecular weight excluding hydrogens is 379 g/mol. The Labute approximate surface area is 145 Å². The van der Waals surface area contributed by atoms with Crippen molar-refractivity contribution in [3.63, 3.8) is 0 Å². The minimum Gasteiger partial charge on any atom is -0.357 e. The summed E-state index contributed by atoms with van der Waals surface area (Å²) < 4.78 is 1.84. The third-order valence-corrected chi connectivity index (χ3v) is 3.56. The first-order valence-corrected chi connectivity index (χ1v) is 7.03. The molecule has 0 atom stereocenters. The zero-order valence-corrected chi connectivity index (χ0v) is 16.3. The first kappa shape index (κ1) is 20.2. The predicted molar refractivity (Wildman–Crippen MR) is 99.2 cm³/mol. The average molecular weight is 408 g/mol. The molecule has 0 fully saturated rings. The summed E-state index contributed by atoms with van der Waals surface area (Å²) in [6, 6.07) is 1.98. The molecule has 0 saturated heterocycles. The van der Waals surface area contributed by atoms with Crippen LogP contribution >= 0.6 is 24.0 Å². The SMILES string of the molecule is CCNC(=NCc1ccnn1C)NCC(C)(C)N(C)C.I. The number of aromatic nitrogens is 2. The van der Waals surface area contributed by atoms with E-state index in [2.05, 4.69) is 60.5 Å². The van der Waals surface area contributed by atoms with Crippen LogP contribution in [0.4, 0.5) is 0 Å². The molecule has 0 unspecified atom stereocenters. The average Bonchev–Trinajstić information content (AvgIpc) is 2.78. The number of halogens is 1. The summed E-state index contributed by atoms with van der Waals surface area (Å²) in [5.41, 5.74) is 1.16. The largest absolute Gasteiger partial charge is 0.357 e. The van der Waals surface area contributed by atoms with Crippen LogP contribution in [0.25, 0.3) is 0 Å². The van der Waals surface area contributed by atoms with Gasteiger partial charge in [-0.1, -0.05) is 0 Å². The van der Waals surface area contributed by atoms with Gasteiger partial charge in [0.1, 0.15) is 0 Å². The summed E-state index contributed by atoms with van der Waals surface area (Å²) in [6.07, 6.45) is 1.79. The van der Waals surface area contributed by atoms with Crippen LogP contribution in [0.3, 0.4) is 0 Å². The lowest BCUT2D eigenvalue weighted by atomic mass is 10.0. The molecular formula is C14H29IN6. The third-order valence-electron chi connectivity index (χ3n) is 3.56. The standard InChI is InChI=1S/C14H28N6.HI/c1-7-15-13(17-11-14(2,3)19(4)5)16-10-12-8-9-18-20(12)6;/h8-9H,7,10-11H2,1-6H3,(H2,15,16,17);1H. The number of rotatable bonds is 6. The highest BCUT2D eigenvalue weighted by Crippen LogP contribution is 2.07. The van der Waals surface area contributed by atoms with Crippen molar-refractivity contribution in [3.05, 3.63) is 18.0 Å². The molecule has 0 amide bonds. The molecule has 21 heavy (non-hydrogen) atoms. The number of likely N-dealkylation sites (N-methyl/N-ethyl adjacent to an activating group) is 1. The minimum absolute atomic E-state index is 0. The van der Waals surface area contributed by atoms with Gasteiger partial charge in [0.25, 0.3) is 0 Å². The Morgan fingerprint density at radius 3 is 2.52 bits per heavy atom. The fourth-order valence-corrected chi connectivity index (χ4v) is 1.52. The maximum atomic E-state index is 4.59. The second-order valence-corrected chi connectivity index (χ2v) is 5.70. The molecule has 0 bridgehead atoms. The number of hydrogen-bond donors (Lipinski definition) is 2. The van der Waals surface area contributed by atoms with E-state index < -0.39 is 0 Å². The molecule has 1 aromatic rings. The van der Waals surface area contributed by atoms with Gasteiger partial charge in [-0.2, -0.15) is 5.10 Å². The number of guanidine groups is 1. The van der Waals surface area contributed by atoms with E-state index in [1.807, 2.05) is 17.8 Å². The van der Waals surface area contributed by atoms with E-state index in [1.54, 1.807) is 6.20 Å². The molecule has 0 aliphatic heterocycles. The number of aryl methyl sites for hydroxylation is 1. The number of nitrogens with one attached hydrogen (secondary N) is 2. The van der Waals surface area contributed by atoms with Crippen LogP contribution in [0.5, 0.6) is 0 Å². The molecule has 0 aromatic carbocycles. The maximum absolute atomic E-state index is 4.59. The van der Waals surface area contributed by atoms with Crippen LogP contribution in [0.15, 0.2) is 17.3 Å². The Kier molecular flexibility index (Phi) is 8.88. The van der Waals surface area contributed by atoms with Crippen LogP contribution in [-0.2, 0) is 13.6 Å². The first-order valence-electron chi connectivity index (χ1n) is 7.03. The molecule has 0 saturated carbocycles. The first-order chi connectivity index (χ1) is 9.36. The lowest BCUT2D eigenvalue weighted by molar-refractivity contribution is 0.197. The number of aliphatic imine (C=N–C) groups is 1. The van der Waals surface area contributed by atoms with Crippen molar-refractivity contribution in [2.24, 2.45) is 12.0 Å². The van der Waals surface area contributed by atoms with Crippen molar-refractivity contribution in [1.82, 2.24) is 25.3 Å². The molecule has 0 radical (unpaired) electrons. The topological polar surface area (TPSA) is 57.5 Å². The Morgan fingerprint density at radius 1 is 1.38 bits per heavy atom. The third kappa shape index (κ3) is 6.64. The highest BCUT2D eigenvalue weighted by molar-refractivity contribution is 14.0. The summed E-state index contributed by atoms with van der Waals surface area (Å²) in [7, 11) is 6.10. The Balaban J connectivity index is 0.00000400. The van der Waals surface area contributed by atoms with Gasteiger partial charge in [-0.3, -0.25) is 4.68 Å². The minimum atomic E-state index is 0. The van der Waals surface area contributed by atoms with Crippen LogP contribution < -0.4 is 10.6 Å². The van der Waals surface area contributed by atoms with Crippen LogP contribution in [0.1, 0.15) is 26.5 Å². The van der Waals surface area contributed by atoms with Crippen molar-refractivity contribution in [1.29, 1.82) is 0 Å². The molecule has 6 nitrogen and oxygen atoms in total. The summed E-state index contributed by atoms with van der Waals surface area (Å²) in [4.78, 5) is 6.79. The molecule has 1 aromatic heterocycles. The van der Waals surface area contributed by atoms with Crippen molar-refractivity contribution in [3.8, 4) is 0 Å². The Hall–Kier alpha value is -0.830. The molecule has 0 aliphatic carbocycles. The quantitative estimate of drug-likeness (QED) is 0.425. The molecule has 0 spiro atoms. The van der Waals surface area contributed by atoms with Gasteiger partial charge in [0.2, 0.25) is 0 Å². The molecule has 122 valence electrons. The van der Waals surface area contributed by atoms with Gasteiger partial charge in [-0.05, 0) is 40.9 Å². The molecule has 1 heterocycles. The van der Waals surface area contributed by atoms with Crippen LogP contribution in [-0.4, -0.2) is 53.4 Å². The number of nitrogens with zero attached hydrogens (tertiary/aromatic N) is 4. The summed E-state index contributed by atoms with van der Waals surface area (Å²) >= 11 is 0. The second-order valence-electron chi connectivity index (χ2n) is 5.70. The van der Waals surface area contributed by atoms with E-state index in [1.165, 1.54) is 0 Å².